The average Bonchev–Trinajstić information content (AvgIpc) is 3.71. The van der Waals surface area contributed by atoms with E-state index < -0.39 is 67.4 Å². The monoisotopic (exact) mass is 1260 g/mol. The molecule has 0 aromatic carbocycles. The standard InChI is InChI=1S/C79H137NO10/c1-4-7-10-13-16-19-22-25-27-29-31-33-35-36-37-38-39-41-43-45-47-49-52-55-58-61-64-67-74(84)90-77-76(86)75(85)73(68-81)89-79(77)88-69-70(71(82)65-62-59-56-53-50-24-21-18-15-12-9-6-3)80-78(87)72(83)66-63-60-57-54-51-48-46-44-42-40-34-32-30-28-26-23-20-17-14-11-8-5-2/h16-17,19-20,25-28,31-34,36-37,42,44,62,65,70-73,75-77,79,81-83,85-86H,4-15,18,21-24,29-30,35,38-41,43,45-61,63-64,66-69H2,1-3H3,(H,80,87)/b19-16-,20-17-,27-25-,28-26-,33-31-,34-32-,37-36-,44-42-,65-62+. The molecule has 1 aliphatic heterocycles. The molecular formula is C79H137NO10. The van der Waals surface area contributed by atoms with Crippen molar-refractivity contribution >= 4 is 11.9 Å². The minimum Gasteiger partial charge on any atom is -0.454 e. The number of allylic oxidation sites excluding steroid dienone is 17. The van der Waals surface area contributed by atoms with Gasteiger partial charge in [0.1, 0.15) is 24.4 Å². The predicted octanol–water partition coefficient (Wildman–Crippen LogP) is 19.6. The van der Waals surface area contributed by atoms with Gasteiger partial charge < -0.3 is 45.1 Å². The van der Waals surface area contributed by atoms with E-state index in [0.29, 0.717) is 12.8 Å². The van der Waals surface area contributed by atoms with Crippen molar-refractivity contribution < 1.29 is 49.3 Å². The Morgan fingerprint density at radius 2 is 0.767 bits per heavy atom. The Hall–Kier alpha value is -3.68. The average molecular weight is 1260 g/mol. The Morgan fingerprint density at radius 3 is 1.17 bits per heavy atom. The van der Waals surface area contributed by atoms with Crippen LogP contribution in [0.3, 0.4) is 0 Å². The molecule has 90 heavy (non-hydrogen) atoms. The second kappa shape index (κ2) is 65.4. The van der Waals surface area contributed by atoms with Crippen molar-refractivity contribution in [2.45, 2.75) is 365 Å². The maximum absolute atomic E-state index is 13.5. The van der Waals surface area contributed by atoms with Crippen molar-refractivity contribution in [3.8, 4) is 0 Å². The third-order valence-electron chi connectivity index (χ3n) is 16.9. The summed E-state index contributed by atoms with van der Waals surface area (Å²) in [4.78, 5) is 26.7. The fourth-order valence-electron chi connectivity index (χ4n) is 11.0. The van der Waals surface area contributed by atoms with Gasteiger partial charge in [-0.2, -0.15) is 0 Å². The van der Waals surface area contributed by atoms with Gasteiger partial charge in [-0.05, 0) is 116 Å². The Balaban J connectivity index is 2.56. The number of nitrogens with one attached hydrogen (secondary N) is 1. The second-order valence-corrected chi connectivity index (χ2v) is 25.3. The van der Waals surface area contributed by atoms with Crippen LogP contribution in [0.2, 0.25) is 0 Å². The summed E-state index contributed by atoms with van der Waals surface area (Å²) >= 11 is 0. The van der Waals surface area contributed by atoms with Gasteiger partial charge >= 0.3 is 5.97 Å². The van der Waals surface area contributed by atoms with Crippen molar-refractivity contribution in [1.82, 2.24) is 5.32 Å². The first-order chi connectivity index (χ1) is 44.2. The predicted molar refractivity (Wildman–Crippen MR) is 379 cm³/mol. The number of hydrogen-bond donors (Lipinski definition) is 6. The van der Waals surface area contributed by atoms with Crippen molar-refractivity contribution in [2.24, 2.45) is 0 Å². The highest BCUT2D eigenvalue weighted by molar-refractivity contribution is 5.80. The molecule has 1 fully saturated rings. The molecule has 1 rings (SSSR count). The number of carbonyl (C=O) groups is 2. The van der Waals surface area contributed by atoms with E-state index in [1.165, 1.54) is 148 Å². The third kappa shape index (κ3) is 51.8. The molecule has 0 aromatic rings. The maximum Gasteiger partial charge on any atom is 0.306 e. The van der Waals surface area contributed by atoms with Crippen LogP contribution in [0, 0.1) is 0 Å². The van der Waals surface area contributed by atoms with Crippen LogP contribution in [0.5, 0.6) is 0 Å². The fourth-order valence-corrected chi connectivity index (χ4v) is 11.0. The third-order valence-corrected chi connectivity index (χ3v) is 16.9. The number of hydrogen-bond acceptors (Lipinski definition) is 10. The van der Waals surface area contributed by atoms with Crippen molar-refractivity contribution in [1.29, 1.82) is 0 Å². The van der Waals surface area contributed by atoms with Crippen molar-refractivity contribution in [3.63, 3.8) is 0 Å². The van der Waals surface area contributed by atoms with E-state index in [4.69, 9.17) is 14.2 Å². The van der Waals surface area contributed by atoms with Crippen LogP contribution < -0.4 is 5.32 Å². The molecule has 0 radical (unpaired) electrons. The first-order valence-corrected chi connectivity index (χ1v) is 37.2. The normalized spacial score (nSPS) is 18.7. The van der Waals surface area contributed by atoms with Gasteiger partial charge in [-0.3, -0.25) is 9.59 Å². The zero-order valence-corrected chi connectivity index (χ0v) is 57.7. The lowest BCUT2D eigenvalue weighted by Crippen LogP contribution is -2.61. The molecule has 6 N–H and O–H groups in total. The Kier molecular flexibility index (Phi) is 61.3. The topological polar surface area (TPSA) is 175 Å². The highest BCUT2D eigenvalue weighted by Crippen LogP contribution is 2.26. The number of carbonyl (C=O) groups excluding carboxylic acids is 2. The molecule has 1 amide bonds. The van der Waals surface area contributed by atoms with Crippen LogP contribution >= 0.6 is 0 Å². The largest absolute Gasteiger partial charge is 0.454 e. The van der Waals surface area contributed by atoms with Gasteiger partial charge in [0.2, 0.25) is 5.91 Å². The minimum atomic E-state index is -1.62. The van der Waals surface area contributed by atoms with Crippen LogP contribution in [0.1, 0.15) is 316 Å². The summed E-state index contributed by atoms with van der Waals surface area (Å²) in [6.07, 6.45) is 79.8. The van der Waals surface area contributed by atoms with Gasteiger partial charge in [0, 0.05) is 6.42 Å². The minimum absolute atomic E-state index is 0.114. The number of unbranched alkanes of at least 4 members (excludes halogenated alkanes) is 33. The van der Waals surface area contributed by atoms with E-state index in [1.807, 2.05) is 6.08 Å². The summed E-state index contributed by atoms with van der Waals surface area (Å²) < 4.78 is 17.7. The molecule has 11 heteroatoms. The lowest BCUT2D eigenvalue weighted by molar-refractivity contribution is -0.305. The molecule has 1 heterocycles. The zero-order valence-electron chi connectivity index (χ0n) is 57.7. The highest BCUT2D eigenvalue weighted by atomic mass is 16.7. The van der Waals surface area contributed by atoms with E-state index in [2.05, 4.69) is 123 Å². The molecular weight excluding hydrogens is 1120 g/mol. The molecule has 0 aromatic heterocycles. The molecule has 518 valence electrons. The number of aliphatic hydroxyl groups excluding tert-OH is 5. The zero-order chi connectivity index (χ0) is 65.3. The quantitative estimate of drug-likeness (QED) is 0.0195. The van der Waals surface area contributed by atoms with Gasteiger partial charge in [0.05, 0.1) is 25.4 Å². The molecule has 0 aliphatic carbocycles. The molecule has 8 unspecified atom stereocenters. The summed E-state index contributed by atoms with van der Waals surface area (Å²) in [5.74, 6) is -1.21. The molecule has 0 spiro atoms. The van der Waals surface area contributed by atoms with Crippen molar-refractivity contribution in [3.05, 3.63) is 109 Å². The number of ether oxygens (including phenoxy) is 3. The SMILES string of the molecule is CCCCC/C=C\C/C=C\C/C=C\C/C=C\CCCCCCCCCCCCCC(=O)OC1C(OCC(NC(=O)C(O)CCCCCCCC/C=C\C/C=C\C/C=C\C/C=C\CCCCC)C(O)/C=C/CCCCCCCCCCCC)OC(CO)C(O)C1O. The van der Waals surface area contributed by atoms with Gasteiger partial charge in [-0.25, -0.2) is 0 Å². The molecule has 0 saturated carbocycles. The summed E-state index contributed by atoms with van der Waals surface area (Å²) in [5.41, 5.74) is 0. The van der Waals surface area contributed by atoms with Gasteiger partial charge in [0.15, 0.2) is 12.4 Å². The summed E-state index contributed by atoms with van der Waals surface area (Å²) in [5, 5.41) is 57.3. The van der Waals surface area contributed by atoms with E-state index in [1.54, 1.807) is 6.08 Å². The Labute approximate surface area is 551 Å². The van der Waals surface area contributed by atoms with Gasteiger partial charge in [-0.15, -0.1) is 0 Å². The first kappa shape index (κ1) is 84.3. The Bertz CT molecular complexity index is 1890. The smallest absolute Gasteiger partial charge is 0.306 e. The number of amides is 1. The molecule has 1 saturated heterocycles. The molecule has 0 bridgehead atoms. The van der Waals surface area contributed by atoms with Crippen LogP contribution in [0.15, 0.2) is 109 Å². The summed E-state index contributed by atoms with van der Waals surface area (Å²) in [6.45, 7) is 5.75. The van der Waals surface area contributed by atoms with E-state index in [-0.39, 0.29) is 19.4 Å². The first-order valence-electron chi connectivity index (χ1n) is 37.2. The van der Waals surface area contributed by atoms with Crippen LogP contribution in [0.25, 0.3) is 0 Å². The Morgan fingerprint density at radius 1 is 0.433 bits per heavy atom. The van der Waals surface area contributed by atoms with E-state index in [0.717, 1.165) is 122 Å². The molecule has 11 nitrogen and oxygen atoms in total. The summed E-state index contributed by atoms with van der Waals surface area (Å²) in [7, 11) is 0. The lowest BCUT2D eigenvalue weighted by atomic mass is 9.99. The molecule has 8 atom stereocenters. The maximum atomic E-state index is 13.5. The molecule has 1 aliphatic rings. The van der Waals surface area contributed by atoms with E-state index >= 15 is 0 Å². The van der Waals surface area contributed by atoms with E-state index in [9.17, 15) is 35.1 Å². The number of esters is 1. The van der Waals surface area contributed by atoms with Gasteiger partial charge in [-0.1, -0.05) is 304 Å². The lowest BCUT2D eigenvalue weighted by Gasteiger charge is -2.41. The van der Waals surface area contributed by atoms with Crippen LogP contribution in [0.4, 0.5) is 0 Å². The van der Waals surface area contributed by atoms with Crippen LogP contribution in [-0.4, -0.2) is 99.6 Å². The second-order valence-electron chi connectivity index (χ2n) is 25.3. The van der Waals surface area contributed by atoms with Gasteiger partial charge in [0.25, 0.3) is 0 Å². The number of aliphatic hydroxyl groups is 5. The fraction of sp³-hybridized carbons (Fsp3) is 0.747. The van der Waals surface area contributed by atoms with Crippen molar-refractivity contribution in [2.75, 3.05) is 13.2 Å². The summed E-state index contributed by atoms with van der Waals surface area (Å²) in [6, 6.07) is -1.04. The number of rotatable bonds is 63. The highest BCUT2D eigenvalue weighted by Gasteiger charge is 2.47. The van der Waals surface area contributed by atoms with Crippen LogP contribution in [-0.2, 0) is 23.8 Å².